The fourth-order valence-corrected chi connectivity index (χ4v) is 4.64. The Morgan fingerprint density at radius 3 is 2.48 bits per heavy atom. The second kappa shape index (κ2) is 11.1. The second-order valence-corrected chi connectivity index (χ2v) is 9.02. The second-order valence-electron chi connectivity index (χ2n) is 7.38. The number of thiophene rings is 1. The molecule has 33 heavy (non-hydrogen) atoms. The minimum absolute atomic E-state index is 0.0796. The third-order valence-corrected chi connectivity index (χ3v) is 6.03. The Morgan fingerprint density at radius 2 is 1.79 bits per heavy atom. The van der Waals surface area contributed by atoms with Crippen LogP contribution in [0.25, 0.3) is 11.1 Å². The van der Waals surface area contributed by atoms with Crippen molar-refractivity contribution in [2.75, 3.05) is 18.5 Å². The zero-order valence-electron chi connectivity index (χ0n) is 19.0. The molecular formula is C25H26N2O4S2. The third kappa shape index (κ3) is 6.18. The van der Waals surface area contributed by atoms with E-state index in [9.17, 15) is 9.59 Å². The van der Waals surface area contributed by atoms with Gasteiger partial charge in [-0.3, -0.25) is 10.1 Å². The van der Waals surface area contributed by atoms with Gasteiger partial charge in [0.15, 0.2) is 11.7 Å². The molecule has 2 N–H and O–H groups in total. The predicted molar refractivity (Wildman–Crippen MR) is 136 cm³/mol. The van der Waals surface area contributed by atoms with E-state index in [0.717, 1.165) is 27.1 Å². The largest absolute Gasteiger partial charge is 0.483 e. The molecule has 3 rings (SSSR count). The van der Waals surface area contributed by atoms with E-state index in [1.807, 2.05) is 69.3 Å². The molecule has 172 valence electrons. The Labute approximate surface area is 202 Å². The first-order valence-electron chi connectivity index (χ1n) is 10.5. The standard InChI is InChI=1S/C25H26N2O4S2/c1-5-30-24(29)22-21(18-9-7-6-8-10-18)17(4)33-23(22)27-25(32)26-20(28)14-31-19-13-15(2)11-12-16(19)3/h6-13H,5,14H2,1-4H3,(H2,26,27,28,32). The van der Waals surface area contributed by atoms with E-state index in [0.29, 0.717) is 16.3 Å². The number of aryl methyl sites for hydroxylation is 3. The van der Waals surface area contributed by atoms with E-state index in [1.54, 1.807) is 6.92 Å². The first-order chi connectivity index (χ1) is 15.8. The van der Waals surface area contributed by atoms with E-state index < -0.39 is 11.9 Å². The molecule has 2 aromatic carbocycles. The highest BCUT2D eigenvalue weighted by atomic mass is 32.1. The molecule has 0 aliphatic rings. The van der Waals surface area contributed by atoms with Crippen molar-refractivity contribution in [3.05, 3.63) is 70.1 Å². The number of hydrogen-bond donors (Lipinski definition) is 2. The summed E-state index contributed by atoms with van der Waals surface area (Å²) < 4.78 is 10.9. The maximum absolute atomic E-state index is 12.8. The van der Waals surface area contributed by atoms with Gasteiger partial charge in [-0.25, -0.2) is 4.79 Å². The lowest BCUT2D eigenvalue weighted by Gasteiger charge is -2.12. The number of ether oxygens (including phenoxy) is 2. The van der Waals surface area contributed by atoms with Crippen molar-refractivity contribution in [2.24, 2.45) is 0 Å². The molecule has 0 bridgehead atoms. The van der Waals surface area contributed by atoms with Gasteiger partial charge in [-0.05, 0) is 62.7 Å². The highest BCUT2D eigenvalue weighted by Crippen LogP contribution is 2.40. The van der Waals surface area contributed by atoms with Crippen molar-refractivity contribution in [2.45, 2.75) is 27.7 Å². The molecule has 0 fully saturated rings. The van der Waals surface area contributed by atoms with Gasteiger partial charge in [0, 0.05) is 10.4 Å². The molecule has 3 aromatic rings. The number of hydrogen-bond acceptors (Lipinski definition) is 6. The zero-order chi connectivity index (χ0) is 24.0. The van der Waals surface area contributed by atoms with Gasteiger partial charge in [0.2, 0.25) is 0 Å². The van der Waals surface area contributed by atoms with Gasteiger partial charge >= 0.3 is 5.97 Å². The SMILES string of the molecule is CCOC(=O)c1c(NC(=S)NC(=O)COc2cc(C)ccc2C)sc(C)c1-c1ccccc1. The van der Waals surface area contributed by atoms with Gasteiger partial charge in [-0.1, -0.05) is 42.5 Å². The number of nitrogens with one attached hydrogen (secondary N) is 2. The molecule has 0 unspecified atom stereocenters. The summed E-state index contributed by atoms with van der Waals surface area (Å²) in [6.45, 7) is 7.63. The Morgan fingerprint density at radius 1 is 1.06 bits per heavy atom. The van der Waals surface area contributed by atoms with Crippen molar-refractivity contribution in [3.63, 3.8) is 0 Å². The van der Waals surface area contributed by atoms with Crippen LogP contribution in [0, 0.1) is 20.8 Å². The number of thiocarbonyl (C=S) groups is 1. The number of carbonyl (C=O) groups excluding carboxylic acids is 2. The summed E-state index contributed by atoms with van der Waals surface area (Å²) in [6.07, 6.45) is 0. The van der Waals surface area contributed by atoms with Crippen LogP contribution in [0.4, 0.5) is 5.00 Å². The summed E-state index contributed by atoms with van der Waals surface area (Å²) in [6, 6.07) is 15.4. The third-order valence-electron chi connectivity index (χ3n) is 4.81. The lowest BCUT2D eigenvalue weighted by molar-refractivity contribution is -0.121. The predicted octanol–water partition coefficient (Wildman–Crippen LogP) is 5.41. The Bertz CT molecular complexity index is 1170. The molecule has 0 aliphatic heterocycles. The smallest absolute Gasteiger partial charge is 0.341 e. The fraction of sp³-hybridized carbons (Fsp3) is 0.240. The normalized spacial score (nSPS) is 10.4. The van der Waals surface area contributed by atoms with Gasteiger partial charge in [-0.15, -0.1) is 11.3 Å². The number of esters is 1. The summed E-state index contributed by atoms with van der Waals surface area (Å²) in [5, 5.41) is 6.20. The lowest BCUT2D eigenvalue weighted by Crippen LogP contribution is -2.37. The Balaban J connectivity index is 1.74. The first-order valence-corrected chi connectivity index (χ1v) is 11.7. The quantitative estimate of drug-likeness (QED) is 0.346. The molecule has 0 saturated heterocycles. The van der Waals surface area contributed by atoms with E-state index in [1.165, 1.54) is 11.3 Å². The van der Waals surface area contributed by atoms with E-state index in [4.69, 9.17) is 21.7 Å². The van der Waals surface area contributed by atoms with Crippen LogP contribution in [0.15, 0.2) is 48.5 Å². The Kier molecular flexibility index (Phi) is 8.19. The maximum Gasteiger partial charge on any atom is 0.341 e. The van der Waals surface area contributed by atoms with Crippen LogP contribution in [0.2, 0.25) is 0 Å². The minimum atomic E-state index is -0.449. The average Bonchev–Trinajstić information content (AvgIpc) is 3.10. The zero-order valence-corrected chi connectivity index (χ0v) is 20.6. The van der Waals surface area contributed by atoms with Crippen molar-refractivity contribution in [1.29, 1.82) is 0 Å². The van der Waals surface area contributed by atoms with Crippen LogP contribution in [0.5, 0.6) is 5.75 Å². The van der Waals surface area contributed by atoms with E-state index in [-0.39, 0.29) is 18.3 Å². The highest BCUT2D eigenvalue weighted by Gasteiger charge is 2.25. The molecule has 0 aliphatic carbocycles. The number of amides is 1. The van der Waals surface area contributed by atoms with Crippen molar-refractivity contribution < 1.29 is 19.1 Å². The van der Waals surface area contributed by atoms with Crippen LogP contribution in [-0.4, -0.2) is 30.2 Å². The number of anilines is 1. The van der Waals surface area contributed by atoms with Crippen LogP contribution in [0.3, 0.4) is 0 Å². The van der Waals surface area contributed by atoms with Gasteiger partial charge in [0.05, 0.1) is 6.61 Å². The molecule has 6 nitrogen and oxygen atoms in total. The summed E-state index contributed by atoms with van der Waals surface area (Å²) in [4.78, 5) is 26.1. The van der Waals surface area contributed by atoms with Crippen molar-refractivity contribution in [3.8, 4) is 16.9 Å². The average molecular weight is 483 g/mol. The van der Waals surface area contributed by atoms with E-state index >= 15 is 0 Å². The van der Waals surface area contributed by atoms with Gasteiger partial charge in [0.25, 0.3) is 5.91 Å². The number of benzene rings is 2. The summed E-state index contributed by atoms with van der Waals surface area (Å²) >= 11 is 6.70. The fourth-order valence-electron chi connectivity index (χ4n) is 3.29. The van der Waals surface area contributed by atoms with Crippen LogP contribution in [-0.2, 0) is 9.53 Å². The van der Waals surface area contributed by atoms with Gasteiger partial charge < -0.3 is 14.8 Å². The first kappa shape index (κ1) is 24.4. The van der Waals surface area contributed by atoms with Crippen molar-refractivity contribution in [1.82, 2.24) is 5.32 Å². The molecular weight excluding hydrogens is 456 g/mol. The van der Waals surface area contributed by atoms with Gasteiger partial charge in [0.1, 0.15) is 16.3 Å². The molecule has 0 spiro atoms. The monoisotopic (exact) mass is 482 g/mol. The summed E-state index contributed by atoms with van der Waals surface area (Å²) in [7, 11) is 0. The van der Waals surface area contributed by atoms with Crippen LogP contribution < -0.4 is 15.4 Å². The summed E-state index contributed by atoms with van der Waals surface area (Å²) in [5.74, 6) is -0.201. The number of rotatable bonds is 7. The Hall–Kier alpha value is -3.23. The molecule has 8 heteroatoms. The van der Waals surface area contributed by atoms with Crippen LogP contribution in [0.1, 0.15) is 33.3 Å². The van der Waals surface area contributed by atoms with Crippen LogP contribution >= 0.6 is 23.6 Å². The molecule has 0 radical (unpaired) electrons. The lowest BCUT2D eigenvalue weighted by atomic mass is 10.0. The van der Waals surface area contributed by atoms with Crippen molar-refractivity contribution >= 4 is 45.5 Å². The minimum Gasteiger partial charge on any atom is -0.483 e. The maximum atomic E-state index is 12.8. The topological polar surface area (TPSA) is 76.7 Å². The highest BCUT2D eigenvalue weighted by molar-refractivity contribution is 7.80. The molecule has 0 saturated carbocycles. The molecule has 0 atom stereocenters. The molecule has 1 aromatic heterocycles. The summed E-state index contributed by atoms with van der Waals surface area (Å²) in [5.41, 5.74) is 4.07. The van der Waals surface area contributed by atoms with Gasteiger partial charge in [-0.2, -0.15) is 0 Å². The molecule has 1 amide bonds. The van der Waals surface area contributed by atoms with E-state index in [2.05, 4.69) is 10.6 Å². The molecule has 1 heterocycles. The number of carbonyl (C=O) groups is 2.